The lowest BCUT2D eigenvalue weighted by Crippen LogP contribution is -2.32. The van der Waals surface area contributed by atoms with Gasteiger partial charge in [-0.15, -0.1) is 11.3 Å². The predicted molar refractivity (Wildman–Crippen MR) is 89.6 cm³/mol. The molecule has 0 aliphatic rings. The molecule has 0 aliphatic heterocycles. The lowest BCUT2D eigenvalue weighted by molar-refractivity contribution is -0.137. The van der Waals surface area contributed by atoms with Gasteiger partial charge in [-0.1, -0.05) is 11.6 Å². The first-order chi connectivity index (χ1) is 11.6. The molecule has 136 valence electrons. The monoisotopic (exact) mass is 393 g/mol. The summed E-state index contributed by atoms with van der Waals surface area (Å²) in [5.74, 6) is -0.833. The van der Waals surface area contributed by atoms with E-state index < -0.39 is 22.7 Å². The number of thiazole rings is 1. The first-order valence-electron chi connectivity index (χ1n) is 7.01. The Bertz CT molecular complexity index is 765. The molecule has 0 saturated carbocycles. The first-order valence-corrected chi connectivity index (χ1v) is 8.20. The molecule has 2 heterocycles. The molecule has 6 nitrogen and oxygen atoms in total. The summed E-state index contributed by atoms with van der Waals surface area (Å²) in [6.07, 6.45) is -2.42. The summed E-state index contributed by atoms with van der Waals surface area (Å²) in [4.78, 5) is 20.3. The Morgan fingerprint density at radius 1 is 1.32 bits per heavy atom. The zero-order valence-corrected chi connectivity index (χ0v) is 15.1. The Morgan fingerprint density at radius 2 is 2.00 bits per heavy atom. The van der Waals surface area contributed by atoms with Gasteiger partial charge in [0.05, 0.1) is 22.8 Å². The Hall–Kier alpha value is -1.75. The van der Waals surface area contributed by atoms with Gasteiger partial charge in [0.15, 0.2) is 0 Å². The molecule has 0 saturated heterocycles. The van der Waals surface area contributed by atoms with Crippen LogP contribution in [0.2, 0.25) is 5.02 Å². The normalized spacial score (nSPS) is 13.1. The number of anilines is 1. The van der Waals surface area contributed by atoms with E-state index in [9.17, 15) is 18.0 Å². The molecule has 1 amide bonds. The van der Waals surface area contributed by atoms with Crippen molar-refractivity contribution in [3.63, 3.8) is 0 Å². The number of pyridine rings is 1. The van der Waals surface area contributed by atoms with Crippen LogP contribution in [0.5, 0.6) is 0 Å². The van der Waals surface area contributed by atoms with Crippen molar-refractivity contribution in [2.45, 2.75) is 19.1 Å². The largest absolute Gasteiger partial charge is 0.418 e. The third kappa shape index (κ3) is 5.11. The fraction of sp³-hybridized carbons (Fsp3) is 0.357. The zero-order valence-electron chi connectivity index (χ0n) is 13.5. The molecule has 2 N–H and O–H groups in total. The van der Waals surface area contributed by atoms with E-state index in [1.165, 1.54) is 6.20 Å². The highest BCUT2D eigenvalue weighted by Gasteiger charge is 2.34. The number of amides is 1. The molecule has 2 aromatic rings. The molecular formula is C14H15ClF3N5OS. The minimum Gasteiger partial charge on any atom is -0.306 e. The van der Waals surface area contributed by atoms with Gasteiger partial charge in [-0.2, -0.15) is 13.2 Å². The van der Waals surface area contributed by atoms with Gasteiger partial charge in [0.2, 0.25) is 0 Å². The number of hydrazine groups is 1. The molecule has 25 heavy (non-hydrogen) atoms. The van der Waals surface area contributed by atoms with E-state index in [4.69, 9.17) is 11.6 Å². The van der Waals surface area contributed by atoms with Crippen LogP contribution in [0.1, 0.15) is 33.2 Å². The fourth-order valence-corrected chi connectivity index (χ4v) is 2.96. The standard InChI is InChI=1S/C14H15ClF3N5OS/c1-7(22-23(2)3)13-20-6-10(25-13)12(24)21-11-4-8(14(16,17)18)9(15)5-19-11/h4-7,22H,1-3H3,(H,19,21,24). The lowest BCUT2D eigenvalue weighted by Gasteiger charge is -2.16. The van der Waals surface area contributed by atoms with Crippen LogP contribution in [0.25, 0.3) is 0 Å². The maximum absolute atomic E-state index is 12.8. The number of nitrogens with one attached hydrogen (secondary N) is 2. The second-order valence-corrected chi connectivity index (χ2v) is 6.78. The van der Waals surface area contributed by atoms with E-state index in [1.807, 2.05) is 21.0 Å². The Kier molecular flexibility index (Phi) is 5.99. The third-order valence-electron chi connectivity index (χ3n) is 2.97. The Morgan fingerprint density at radius 3 is 2.60 bits per heavy atom. The van der Waals surface area contributed by atoms with Gasteiger partial charge in [0, 0.05) is 20.3 Å². The van der Waals surface area contributed by atoms with Crippen LogP contribution in [0, 0.1) is 0 Å². The molecule has 0 aromatic carbocycles. The topological polar surface area (TPSA) is 70.2 Å². The van der Waals surface area contributed by atoms with E-state index in [1.54, 1.807) is 5.01 Å². The number of aromatic nitrogens is 2. The Labute approximate surface area is 151 Å². The van der Waals surface area contributed by atoms with Crippen molar-refractivity contribution in [2.75, 3.05) is 19.4 Å². The lowest BCUT2D eigenvalue weighted by atomic mass is 10.2. The summed E-state index contributed by atoms with van der Waals surface area (Å²) < 4.78 is 38.5. The molecule has 1 atom stereocenters. The third-order valence-corrected chi connectivity index (χ3v) is 4.45. The summed E-state index contributed by atoms with van der Waals surface area (Å²) in [6, 6.07) is 0.574. The number of rotatable bonds is 5. The quantitative estimate of drug-likeness (QED) is 0.760. The van der Waals surface area contributed by atoms with Gasteiger partial charge in [0.25, 0.3) is 5.91 Å². The van der Waals surface area contributed by atoms with Crippen molar-refractivity contribution in [2.24, 2.45) is 0 Å². The number of halogens is 4. The first kappa shape index (κ1) is 19.6. The van der Waals surface area contributed by atoms with Gasteiger partial charge in [-0.3, -0.25) is 4.79 Å². The summed E-state index contributed by atoms with van der Waals surface area (Å²) in [5, 5.41) is 4.21. The molecule has 0 spiro atoms. The second kappa shape index (κ2) is 7.65. The van der Waals surface area contributed by atoms with Gasteiger partial charge in [-0.25, -0.2) is 20.4 Å². The molecule has 2 aromatic heterocycles. The molecule has 2 rings (SSSR count). The minimum absolute atomic E-state index is 0.118. The molecule has 0 aliphatic carbocycles. The summed E-state index contributed by atoms with van der Waals surface area (Å²) >= 11 is 6.63. The van der Waals surface area contributed by atoms with Gasteiger partial charge < -0.3 is 5.32 Å². The molecule has 0 radical (unpaired) electrons. The zero-order chi connectivity index (χ0) is 18.8. The number of carbonyl (C=O) groups excluding carboxylic acids is 1. The average molecular weight is 394 g/mol. The van der Waals surface area contributed by atoms with E-state index in [0.29, 0.717) is 11.1 Å². The predicted octanol–water partition coefficient (Wildman–Crippen LogP) is 3.59. The van der Waals surface area contributed by atoms with E-state index in [2.05, 4.69) is 20.7 Å². The maximum atomic E-state index is 12.8. The highest BCUT2D eigenvalue weighted by Crippen LogP contribution is 2.35. The van der Waals surface area contributed by atoms with E-state index in [0.717, 1.165) is 17.5 Å². The number of hydrogen-bond donors (Lipinski definition) is 2. The van der Waals surface area contributed by atoms with Crippen LogP contribution in [-0.4, -0.2) is 35.0 Å². The second-order valence-electron chi connectivity index (χ2n) is 5.31. The number of carbonyl (C=O) groups is 1. The van der Waals surface area contributed by atoms with Crippen molar-refractivity contribution >= 4 is 34.7 Å². The van der Waals surface area contributed by atoms with Crippen LogP contribution in [0.3, 0.4) is 0 Å². The SMILES string of the molecule is CC(NN(C)C)c1ncc(C(=O)Nc2cc(C(F)(F)F)c(Cl)cn2)s1. The Balaban J connectivity index is 2.14. The summed E-state index contributed by atoms with van der Waals surface area (Å²) in [6.45, 7) is 1.87. The van der Waals surface area contributed by atoms with Gasteiger partial charge >= 0.3 is 6.18 Å². The number of hydrogen-bond acceptors (Lipinski definition) is 6. The molecule has 11 heteroatoms. The van der Waals surface area contributed by atoms with Crippen molar-refractivity contribution in [1.82, 2.24) is 20.4 Å². The van der Waals surface area contributed by atoms with Gasteiger partial charge in [-0.05, 0) is 13.0 Å². The van der Waals surface area contributed by atoms with E-state index >= 15 is 0 Å². The van der Waals surface area contributed by atoms with Crippen LogP contribution in [0.4, 0.5) is 19.0 Å². The smallest absolute Gasteiger partial charge is 0.306 e. The van der Waals surface area contributed by atoms with Crippen molar-refractivity contribution in [1.29, 1.82) is 0 Å². The van der Waals surface area contributed by atoms with Crippen LogP contribution in [0.15, 0.2) is 18.5 Å². The van der Waals surface area contributed by atoms with E-state index in [-0.39, 0.29) is 16.7 Å². The summed E-state index contributed by atoms with van der Waals surface area (Å²) in [5.41, 5.74) is 2.03. The minimum atomic E-state index is -4.63. The van der Waals surface area contributed by atoms with Crippen molar-refractivity contribution in [3.05, 3.63) is 38.9 Å². The number of alkyl halides is 3. The molecule has 0 bridgehead atoms. The van der Waals surface area contributed by atoms with Crippen LogP contribution >= 0.6 is 22.9 Å². The molecule has 0 fully saturated rings. The number of nitrogens with zero attached hydrogens (tertiary/aromatic N) is 3. The van der Waals surface area contributed by atoms with Gasteiger partial charge in [0.1, 0.15) is 15.7 Å². The highest BCUT2D eigenvalue weighted by atomic mass is 35.5. The summed E-state index contributed by atoms with van der Waals surface area (Å²) in [7, 11) is 3.64. The van der Waals surface area contributed by atoms with Crippen LogP contribution in [-0.2, 0) is 6.18 Å². The van der Waals surface area contributed by atoms with Crippen molar-refractivity contribution in [3.8, 4) is 0 Å². The average Bonchev–Trinajstić information content (AvgIpc) is 2.97. The highest BCUT2D eigenvalue weighted by molar-refractivity contribution is 7.13. The van der Waals surface area contributed by atoms with Crippen LogP contribution < -0.4 is 10.7 Å². The molecular weight excluding hydrogens is 379 g/mol. The van der Waals surface area contributed by atoms with Crippen molar-refractivity contribution < 1.29 is 18.0 Å². The molecule has 1 unspecified atom stereocenters. The fourth-order valence-electron chi connectivity index (χ4n) is 1.94. The maximum Gasteiger partial charge on any atom is 0.418 e.